The van der Waals surface area contributed by atoms with Gasteiger partial charge in [-0.25, -0.2) is 8.42 Å². The van der Waals surface area contributed by atoms with E-state index in [1.54, 1.807) is 29.9 Å². The van der Waals surface area contributed by atoms with Crippen LogP contribution in [0.5, 0.6) is 0 Å². The third-order valence-corrected chi connectivity index (χ3v) is 8.03. The second kappa shape index (κ2) is 7.07. The molecule has 24 heavy (non-hydrogen) atoms. The molecule has 1 aliphatic heterocycles. The van der Waals surface area contributed by atoms with Crippen LogP contribution in [0.4, 0.5) is 0 Å². The smallest absolute Gasteiger partial charge is 0.246 e. The van der Waals surface area contributed by atoms with Crippen molar-refractivity contribution in [2.24, 2.45) is 0 Å². The highest BCUT2D eigenvalue weighted by Gasteiger charge is 2.32. The van der Waals surface area contributed by atoms with Gasteiger partial charge in [-0.15, -0.1) is 0 Å². The molecule has 130 valence electrons. The first-order valence-electron chi connectivity index (χ1n) is 7.79. The second-order valence-electron chi connectivity index (χ2n) is 5.84. The Morgan fingerprint density at radius 3 is 2.71 bits per heavy atom. The molecule has 1 N–H and O–H groups in total. The largest absolute Gasteiger partial charge is 0.281 e. The topological polar surface area (TPSA) is 66.1 Å². The van der Waals surface area contributed by atoms with E-state index in [-0.39, 0.29) is 5.25 Å². The summed E-state index contributed by atoms with van der Waals surface area (Å²) < 4.78 is 27.5. The van der Waals surface area contributed by atoms with Crippen molar-refractivity contribution in [3.05, 3.63) is 46.2 Å². The highest BCUT2D eigenvalue weighted by Crippen LogP contribution is 2.38. The zero-order valence-corrected chi connectivity index (χ0v) is 16.0. The summed E-state index contributed by atoms with van der Waals surface area (Å²) in [5.74, 6) is 0.741. The summed E-state index contributed by atoms with van der Waals surface area (Å²) in [4.78, 5) is 0.309. The number of aromatic amines is 1. The van der Waals surface area contributed by atoms with Crippen molar-refractivity contribution in [1.29, 1.82) is 0 Å². The van der Waals surface area contributed by atoms with Gasteiger partial charge in [-0.3, -0.25) is 5.10 Å². The first-order valence-corrected chi connectivity index (χ1v) is 10.7. The molecule has 0 saturated carbocycles. The molecule has 0 radical (unpaired) electrons. The predicted octanol–water partition coefficient (Wildman–Crippen LogP) is 3.55. The summed E-state index contributed by atoms with van der Waals surface area (Å²) >= 11 is 8.07. The Hall–Kier alpha value is -1.02. The number of sulfonamides is 1. The number of hydrogen-bond acceptors (Lipinski definition) is 4. The molecule has 1 aromatic heterocycles. The van der Waals surface area contributed by atoms with Gasteiger partial charge in [0.15, 0.2) is 0 Å². The molecule has 1 aliphatic rings. The molecule has 1 unspecified atom stereocenters. The van der Waals surface area contributed by atoms with Gasteiger partial charge in [0.1, 0.15) is 4.90 Å². The maximum atomic E-state index is 13.0. The summed E-state index contributed by atoms with van der Waals surface area (Å²) in [6, 6.07) is 7.79. The van der Waals surface area contributed by atoms with E-state index in [1.807, 2.05) is 24.3 Å². The molecule has 2 heterocycles. The molecule has 0 amide bonds. The lowest BCUT2D eigenvalue weighted by molar-refractivity contribution is 0.427. The van der Waals surface area contributed by atoms with Crippen molar-refractivity contribution in [3.63, 3.8) is 0 Å². The summed E-state index contributed by atoms with van der Waals surface area (Å²) in [5.41, 5.74) is 2.19. The number of rotatable bonds is 3. The van der Waals surface area contributed by atoms with E-state index < -0.39 is 10.0 Å². The molecular formula is C16H20ClN3O2S2. The van der Waals surface area contributed by atoms with Crippen LogP contribution in [-0.4, -0.2) is 41.8 Å². The Morgan fingerprint density at radius 1 is 1.29 bits per heavy atom. The highest BCUT2D eigenvalue weighted by atomic mass is 35.5. The normalized spacial score (nSPS) is 20.0. The average molecular weight is 386 g/mol. The van der Waals surface area contributed by atoms with Gasteiger partial charge in [-0.1, -0.05) is 29.8 Å². The fourth-order valence-corrected chi connectivity index (χ4v) is 6.53. The van der Waals surface area contributed by atoms with Gasteiger partial charge < -0.3 is 0 Å². The maximum Gasteiger partial charge on any atom is 0.246 e. The van der Waals surface area contributed by atoms with Crippen LogP contribution in [0.15, 0.2) is 29.2 Å². The van der Waals surface area contributed by atoms with E-state index >= 15 is 0 Å². The number of benzene rings is 1. The van der Waals surface area contributed by atoms with Gasteiger partial charge in [-0.05, 0) is 31.9 Å². The number of nitrogens with one attached hydrogen (secondary N) is 1. The van der Waals surface area contributed by atoms with Crippen LogP contribution in [0.2, 0.25) is 5.02 Å². The molecule has 5 nitrogen and oxygen atoms in total. The maximum absolute atomic E-state index is 13.0. The van der Waals surface area contributed by atoms with Crippen LogP contribution >= 0.6 is 23.4 Å². The van der Waals surface area contributed by atoms with E-state index in [4.69, 9.17) is 11.6 Å². The van der Waals surface area contributed by atoms with Crippen LogP contribution < -0.4 is 0 Å². The molecule has 8 heteroatoms. The van der Waals surface area contributed by atoms with Crippen molar-refractivity contribution in [3.8, 4) is 0 Å². The number of thioether (sulfide) groups is 1. The van der Waals surface area contributed by atoms with Gasteiger partial charge >= 0.3 is 0 Å². The fourth-order valence-electron chi connectivity index (χ4n) is 3.02. The van der Waals surface area contributed by atoms with Crippen molar-refractivity contribution in [2.75, 3.05) is 18.8 Å². The second-order valence-corrected chi connectivity index (χ2v) is 9.43. The lowest BCUT2D eigenvalue weighted by Gasteiger charge is -2.20. The third-order valence-electron chi connectivity index (χ3n) is 4.21. The average Bonchev–Trinajstić information content (AvgIpc) is 2.76. The number of H-pyrrole nitrogens is 1. The Morgan fingerprint density at radius 2 is 2.04 bits per heavy atom. The summed E-state index contributed by atoms with van der Waals surface area (Å²) in [6.07, 6.45) is 0.740. The Balaban J connectivity index is 1.82. The molecular weight excluding hydrogens is 366 g/mol. The first-order chi connectivity index (χ1) is 11.4. The third kappa shape index (κ3) is 3.35. The minimum Gasteiger partial charge on any atom is -0.281 e. The van der Waals surface area contributed by atoms with Crippen molar-refractivity contribution >= 4 is 33.4 Å². The summed E-state index contributed by atoms with van der Waals surface area (Å²) in [5, 5.41) is 7.74. The van der Waals surface area contributed by atoms with Crippen LogP contribution in [0.25, 0.3) is 0 Å². The quantitative estimate of drug-likeness (QED) is 0.877. The van der Waals surface area contributed by atoms with Gasteiger partial charge in [0.25, 0.3) is 0 Å². The summed E-state index contributed by atoms with van der Waals surface area (Å²) in [7, 11) is -3.53. The lowest BCUT2D eigenvalue weighted by atomic mass is 10.1. The molecule has 1 aromatic carbocycles. The minimum absolute atomic E-state index is 0.213. The van der Waals surface area contributed by atoms with Gasteiger partial charge in [0.05, 0.1) is 11.4 Å². The zero-order valence-electron chi connectivity index (χ0n) is 13.6. The Kier molecular flexibility index (Phi) is 5.24. The van der Waals surface area contributed by atoms with Gasteiger partial charge in [-0.2, -0.15) is 21.2 Å². The number of nitrogens with zero attached hydrogens (tertiary/aromatic N) is 2. The zero-order chi connectivity index (χ0) is 17.3. The molecule has 0 aliphatic carbocycles. The number of hydrogen-bond donors (Lipinski definition) is 1. The van der Waals surface area contributed by atoms with Crippen molar-refractivity contribution in [2.45, 2.75) is 30.4 Å². The molecule has 1 atom stereocenters. The molecule has 1 saturated heterocycles. The summed E-state index contributed by atoms with van der Waals surface area (Å²) in [6.45, 7) is 4.44. The number of aromatic nitrogens is 2. The van der Waals surface area contributed by atoms with E-state index in [2.05, 4.69) is 10.2 Å². The van der Waals surface area contributed by atoms with Crippen LogP contribution in [0.3, 0.4) is 0 Å². The van der Waals surface area contributed by atoms with E-state index in [0.29, 0.717) is 29.4 Å². The van der Waals surface area contributed by atoms with E-state index in [1.165, 1.54) is 0 Å². The Bertz CT molecular complexity index is 816. The molecule has 3 rings (SSSR count). The van der Waals surface area contributed by atoms with E-state index in [0.717, 1.165) is 22.8 Å². The molecule has 0 bridgehead atoms. The fraction of sp³-hybridized carbons (Fsp3) is 0.438. The van der Waals surface area contributed by atoms with Gasteiger partial charge in [0.2, 0.25) is 10.0 Å². The van der Waals surface area contributed by atoms with Gasteiger partial charge in [0, 0.05) is 29.1 Å². The molecule has 2 aromatic rings. The monoisotopic (exact) mass is 385 g/mol. The van der Waals surface area contributed by atoms with Crippen molar-refractivity contribution < 1.29 is 8.42 Å². The number of halogens is 1. The Labute approximate surface area is 151 Å². The van der Waals surface area contributed by atoms with Crippen LogP contribution in [0, 0.1) is 13.8 Å². The van der Waals surface area contributed by atoms with E-state index in [9.17, 15) is 8.42 Å². The highest BCUT2D eigenvalue weighted by molar-refractivity contribution is 7.99. The lowest BCUT2D eigenvalue weighted by Crippen LogP contribution is -2.33. The first kappa shape index (κ1) is 17.8. The molecule has 1 fully saturated rings. The molecule has 0 spiro atoms. The number of aryl methyl sites for hydroxylation is 2. The van der Waals surface area contributed by atoms with Crippen molar-refractivity contribution in [1.82, 2.24) is 14.5 Å². The minimum atomic E-state index is -3.53. The standard InChI is InChI=1S/C16H20ClN3O2S2/c1-11-16(12(2)19-18-11)24(21,22)20-8-7-15(23-10-9-20)13-5-3-4-6-14(13)17/h3-6,15H,7-10H2,1-2H3,(H,18,19). The SMILES string of the molecule is Cc1n[nH]c(C)c1S(=O)(=O)N1CCSC(c2ccccc2Cl)CC1. The van der Waals surface area contributed by atoms with Crippen LogP contribution in [0.1, 0.15) is 28.6 Å². The predicted molar refractivity (Wildman–Crippen MR) is 98.1 cm³/mol. The van der Waals surface area contributed by atoms with Crippen LogP contribution in [-0.2, 0) is 10.0 Å².